The van der Waals surface area contributed by atoms with Gasteiger partial charge < -0.3 is 5.11 Å². The van der Waals surface area contributed by atoms with E-state index >= 15 is 0 Å². The van der Waals surface area contributed by atoms with Crippen molar-refractivity contribution in [3.8, 4) is 0 Å². The molecule has 0 bridgehead atoms. The number of alkyl halides is 6. The van der Waals surface area contributed by atoms with Gasteiger partial charge in [-0.05, 0) is 26.2 Å². The Hall–Kier alpha value is -1.21. The maximum absolute atomic E-state index is 13.1. The summed E-state index contributed by atoms with van der Waals surface area (Å²) in [6, 6.07) is 0. The van der Waals surface area contributed by atoms with Crippen LogP contribution in [0.1, 0.15) is 47.0 Å². The lowest BCUT2D eigenvalue weighted by Crippen LogP contribution is -2.44. The minimum atomic E-state index is -4.91. The Kier molecular flexibility index (Phi) is 6.14. The van der Waals surface area contributed by atoms with Gasteiger partial charge in [-0.15, -0.1) is 0 Å². The van der Waals surface area contributed by atoms with Gasteiger partial charge in [-0.2, -0.15) is 26.3 Å². The molecule has 2 nitrogen and oxygen atoms in total. The maximum atomic E-state index is 13.1. The van der Waals surface area contributed by atoms with Crippen LogP contribution in [0.15, 0.2) is 11.8 Å². The molecule has 0 aliphatic heterocycles. The summed E-state index contributed by atoms with van der Waals surface area (Å²) in [7, 11) is 0. The number of aliphatic hydroxyl groups excluding tert-OH is 1. The Labute approximate surface area is 125 Å². The van der Waals surface area contributed by atoms with Crippen LogP contribution in [0.3, 0.4) is 0 Å². The first-order valence-electron chi connectivity index (χ1n) is 6.82. The van der Waals surface area contributed by atoms with Gasteiger partial charge in [-0.3, -0.25) is 4.79 Å². The van der Waals surface area contributed by atoms with Crippen LogP contribution < -0.4 is 0 Å². The van der Waals surface area contributed by atoms with E-state index in [0.717, 1.165) is 20.8 Å². The second-order valence-electron chi connectivity index (χ2n) is 5.36. The summed E-state index contributed by atoms with van der Waals surface area (Å²) < 4.78 is 78.3. The molecule has 0 aromatic carbocycles. The van der Waals surface area contributed by atoms with Crippen molar-refractivity contribution in [3.05, 3.63) is 11.8 Å². The molecule has 0 radical (unpaired) electrons. The van der Waals surface area contributed by atoms with Gasteiger partial charge in [0.25, 0.3) is 0 Å². The van der Waals surface area contributed by atoms with Crippen molar-refractivity contribution in [2.45, 2.75) is 59.3 Å². The Morgan fingerprint density at radius 1 is 0.909 bits per heavy atom. The number of carbonyl (C=O) groups excluding carboxylic acids is 1. The van der Waals surface area contributed by atoms with E-state index in [1.807, 2.05) is 0 Å². The first-order chi connectivity index (χ1) is 9.73. The van der Waals surface area contributed by atoms with E-state index in [0.29, 0.717) is 6.92 Å². The van der Waals surface area contributed by atoms with Crippen molar-refractivity contribution in [2.75, 3.05) is 0 Å². The number of ketones is 1. The highest BCUT2D eigenvalue weighted by atomic mass is 19.4. The predicted octanol–water partition coefficient (Wildman–Crippen LogP) is 5.34. The molecule has 8 heteroatoms. The first kappa shape index (κ1) is 20.8. The fraction of sp³-hybridized carbons (Fsp3) is 0.786. The molecule has 0 fully saturated rings. The molecule has 22 heavy (non-hydrogen) atoms. The molecule has 0 aromatic heterocycles. The van der Waals surface area contributed by atoms with E-state index in [2.05, 4.69) is 0 Å². The van der Waals surface area contributed by atoms with Gasteiger partial charge >= 0.3 is 12.4 Å². The second-order valence-corrected chi connectivity index (χ2v) is 5.36. The van der Waals surface area contributed by atoms with Crippen LogP contribution in [-0.4, -0.2) is 23.2 Å². The molecule has 0 heterocycles. The predicted molar refractivity (Wildman–Crippen MR) is 69.2 cm³/mol. The zero-order valence-electron chi connectivity index (χ0n) is 12.8. The standard InChI is InChI=1S/C14H20F6O2/c1-5-11(4,13(15,16)17)9(21)8-10(22)12(6-2,7-3)14(18,19)20/h8,21H,5-7H2,1-4H3. The Morgan fingerprint density at radius 3 is 1.55 bits per heavy atom. The summed E-state index contributed by atoms with van der Waals surface area (Å²) in [5.41, 5.74) is -5.55. The normalized spacial score (nSPS) is 17.3. The highest BCUT2D eigenvalue weighted by Gasteiger charge is 2.58. The van der Waals surface area contributed by atoms with E-state index < -0.39 is 54.0 Å². The van der Waals surface area contributed by atoms with E-state index in [1.165, 1.54) is 0 Å². The molecule has 0 saturated carbocycles. The summed E-state index contributed by atoms with van der Waals surface area (Å²) in [5, 5.41) is 9.65. The average Bonchev–Trinajstić information content (AvgIpc) is 2.36. The number of halogens is 6. The van der Waals surface area contributed by atoms with Crippen molar-refractivity contribution >= 4 is 5.78 Å². The summed E-state index contributed by atoms with van der Waals surface area (Å²) in [4.78, 5) is 12.0. The van der Waals surface area contributed by atoms with Gasteiger partial charge in [0.15, 0.2) is 5.78 Å². The molecule has 1 N–H and O–H groups in total. The number of hydrogen-bond donors (Lipinski definition) is 1. The molecule has 0 amide bonds. The molecular weight excluding hydrogens is 314 g/mol. The number of rotatable bonds is 6. The Bertz CT molecular complexity index is 432. The zero-order chi connectivity index (χ0) is 18.0. The van der Waals surface area contributed by atoms with Crippen LogP contribution >= 0.6 is 0 Å². The van der Waals surface area contributed by atoms with Crippen LogP contribution in [-0.2, 0) is 4.79 Å². The summed E-state index contributed by atoms with van der Waals surface area (Å²) in [6.07, 6.45) is -11.6. The fourth-order valence-electron chi connectivity index (χ4n) is 2.09. The number of allylic oxidation sites excluding steroid dienone is 2. The molecule has 0 spiro atoms. The number of aliphatic hydroxyl groups is 1. The van der Waals surface area contributed by atoms with Crippen LogP contribution in [0.2, 0.25) is 0 Å². The molecular formula is C14H20F6O2. The third-order valence-electron chi connectivity index (χ3n) is 4.39. The lowest BCUT2D eigenvalue weighted by atomic mass is 9.75. The fourth-order valence-corrected chi connectivity index (χ4v) is 2.09. The first-order valence-corrected chi connectivity index (χ1v) is 6.82. The van der Waals surface area contributed by atoms with E-state index in [-0.39, 0.29) is 6.08 Å². The Balaban J connectivity index is 5.92. The zero-order valence-corrected chi connectivity index (χ0v) is 12.8. The highest BCUT2D eigenvalue weighted by Crippen LogP contribution is 2.48. The van der Waals surface area contributed by atoms with Crippen LogP contribution in [0.5, 0.6) is 0 Å². The quantitative estimate of drug-likeness (QED) is 0.404. The Morgan fingerprint density at radius 2 is 1.32 bits per heavy atom. The lowest BCUT2D eigenvalue weighted by Gasteiger charge is -2.33. The summed E-state index contributed by atoms with van der Waals surface area (Å²) in [5.74, 6) is -2.96. The third kappa shape index (κ3) is 3.41. The van der Waals surface area contributed by atoms with Crippen molar-refractivity contribution in [1.82, 2.24) is 0 Å². The maximum Gasteiger partial charge on any atom is 0.401 e. The van der Waals surface area contributed by atoms with Crippen molar-refractivity contribution in [1.29, 1.82) is 0 Å². The molecule has 0 saturated heterocycles. The van der Waals surface area contributed by atoms with Crippen molar-refractivity contribution < 1.29 is 36.2 Å². The topological polar surface area (TPSA) is 37.3 Å². The average molecular weight is 334 g/mol. The van der Waals surface area contributed by atoms with Crippen LogP contribution in [0.25, 0.3) is 0 Å². The number of hydrogen-bond acceptors (Lipinski definition) is 2. The van der Waals surface area contributed by atoms with Gasteiger partial charge in [0.1, 0.15) is 16.6 Å². The van der Waals surface area contributed by atoms with E-state index in [4.69, 9.17) is 0 Å². The van der Waals surface area contributed by atoms with Gasteiger partial charge in [0.05, 0.1) is 0 Å². The molecule has 0 aromatic rings. The SMILES string of the molecule is CCC(C)(C(O)=CC(=O)C(CC)(CC)C(F)(F)F)C(F)(F)F. The van der Waals surface area contributed by atoms with Crippen LogP contribution in [0, 0.1) is 10.8 Å². The number of carbonyl (C=O) groups is 1. The highest BCUT2D eigenvalue weighted by molar-refractivity contribution is 5.96. The lowest BCUT2D eigenvalue weighted by molar-refractivity contribution is -0.221. The van der Waals surface area contributed by atoms with Crippen LogP contribution in [0.4, 0.5) is 26.3 Å². The van der Waals surface area contributed by atoms with E-state index in [1.54, 1.807) is 0 Å². The molecule has 0 aliphatic rings. The molecule has 1 unspecified atom stereocenters. The molecule has 1 atom stereocenters. The summed E-state index contributed by atoms with van der Waals surface area (Å²) in [6.45, 7) is 4.02. The molecule has 130 valence electrons. The summed E-state index contributed by atoms with van der Waals surface area (Å²) >= 11 is 0. The smallest absolute Gasteiger partial charge is 0.401 e. The van der Waals surface area contributed by atoms with Crippen molar-refractivity contribution in [2.24, 2.45) is 10.8 Å². The van der Waals surface area contributed by atoms with Gasteiger partial charge in [0, 0.05) is 6.08 Å². The minimum absolute atomic E-state index is 0.0808. The largest absolute Gasteiger partial charge is 0.511 e. The minimum Gasteiger partial charge on any atom is -0.511 e. The molecule has 0 aliphatic carbocycles. The third-order valence-corrected chi connectivity index (χ3v) is 4.39. The van der Waals surface area contributed by atoms with Gasteiger partial charge in [-0.1, -0.05) is 20.8 Å². The van der Waals surface area contributed by atoms with Crippen molar-refractivity contribution in [3.63, 3.8) is 0 Å². The second kappa shape index (κ2) is 6.50. The van der Waals surface area contributed by atoms with Gasteiger partial charge in [0.2, 0.25) is 0 Å². The molecule has 0 rings (SSSR count). The van der Waals surface area contributed by atoms with E-state index in [9.17, 15) is 36.2 Å². The van der Waals surface area contributed by atoms with Gasteiger partial charge in [-0.25, -0.2) is 0 Å². The monoisotopic (exact) mass is 334 g/mol.